The Morgan fingerprint density at radius 1 is 0.976 bits per heavy atom. The number of hydrogen-bond acceptors (Lipinski definition) is 8. The number of para-hydroxylation sites is 1. The first-order valence-electron chi connectivity index (χ1n) is 14.4. The Labute approximate surface area is 248 Å². The zero-order valence-corrected chi connectivity index (χ0v) is 24.6. The SMILES string of the molecule is CCOC(=O)c1c(NC(=O)COC(=O)c2c3c(nc4ccccc24)CCN(C)C3)sc2c1CCC(c1ccccc1)C2. The Balaban J connectivity index is 1.22. The van der Waals surface area contributed by atoms with Crippen LogP contribution in [0.2, 0.25) is 0 Å². The number of thiophene rings is 1. The van der Waals surface area contributed by atoms with Crippen LogP contribution in [0.15, 0.2) is 54.6 Å². The quantitative estimate of drug-likeness (QED) is 0.286. The van der Waals surface area contributed by atoms with Gasteiger partial charge in [-0.3, -0.25) is 9.78 Å². The van der Waals surface area contributed by atoms with Gasteiger partial charge in [0.1, 0.15) is 5.00 Å². The minimum absolute atomic E-state index is 0.237. The highest BCUT2D eigenvalue weighted by molar-refractivity contribution is 7.17. The largest absolute Gasteiger partial charge is 0.462 e. The molecule has 3 heterocycles. The maximum Gasteiger partial charge on any atom is 0.341 e. The fourth-order valence-corrected chi connectivity index (χ4v) is 7.36. The normalized spacial score (nSPS) is 16.4. The molecule has 0 bridgehead atoms. The number of hydrogen-bond donors (Lipinski definition) is 1. The third-order valence-corrected chi connectivity index (χ3v) is 9.21. The smallest absolute Gasteiger partial charge is 0.341 e. The number of benzene rings is 2. The van der Waals surface area contributed by atoms with Gasteiger partial charge in [0.25, 0.3) is 5.91 Å². The predicted octanol–water partition coefficient (Wildman–Crippen LogP) is 5.53. The summed E-state index contributed by atoms with van der Waals surface area (Å²) < 4.78 is 11.0. The topological polar surface area (TPSA) is 97.8 Å². The summed E-state index contributed by atoms with van der Waals surface area (Å²) in [6.45, 7) is 2.96. The van der Waals surface area contributed by atoms with Crippen molar-refractivity contribution in [3.8, 4) is 0 Å². The molecule has 0 radical (unpaired) electrons. The highest BCUT2D eigenvalue weighted by Crippen LogP contribution is 2.43. The number of amides is 1. The van der Waals surface area contributed by atoms with Gasteiger partial charge in [-0.1, -0.05) is 48.5 Å². The van der Waals surface area contributed by atoms with Crippen molar-refractivity contribution in [2.24, 2.45) is 0 Å². The van der Waals surface area contributed by atoms with Gasteiger partial charge < -0.3 is 19.7 Å². The molecule has 0 saturated heterocycles. The number of nitrogens with zero attached hydrogens (tertiary/aromatic N) is 2. The monoisotopic (exact) mass is 583 g/mol. The molecular weight excluding hydrogens is 550 g/mol. The molecule has 8 nitrogen and oxygen atoms in total. The molecule has 0 saturated carbocycles. The number of anilines is 1. The van der Waals surface area contributed by atoms with Crippen LogP contribution < -0.4 is 5.32 Å². The van der Waals surface area contributed by atoms with Gasteiger partial charge in [0.2, 0.25) is 0 Å². The molecule has 0 spiro atoms. The van der Waals surface area contributed by atoms with Crippen LogP contribution in [-0.2, 0) is 40.1 Å². The van der Waals surface area contributed by atoms with Crippen molar-refractivity contribution in [3.05, 3.63) is 93.0 Å². The molecule has 1 amide bonds. The summed E-state index contributed by atoms with van der Waals surface area (Å²) in [6, 6.07) is 17.9. The Hall–Kier alpha value is -4.08. The molecule has 6 rings (SSSR count). The van der Waals surface area contributed by atoms with E-state index in [0.717, 1.165) is 59.4 Å². The van der Waals surface area contributed by atoms with Gasteiger partial charge in [-0.2, -0.15) is 0 Å². The molecule has 1 atom stereocenters. The van der Waals surface area contributed by atoms with Gasteiger partial charge in [0.05, 0.1) is 23.3 Å². The fraction of sp³-hybridized carbons (Fsp3) is 0.333. The van der Waals surface area contributed by atoms with Gasteiger partial charge in [-0.15, -0.1) is 11.3 Å². The molecule has 9 heteroatoms. The first-order valence-corrected chi connectivity index (χ1v) is 15.2. The number of likely N-dealkylation sites (N-methyl/N-ethyl adjacent to an activating group) is 1. The summed E-state index contributed by atoms with van der Waals surface area (Å²) in [7, 11) is 2.00. The maximum atomic E-state index is 13.5. The summed E-state index contributed by atoms with van der Waals surface area (Å²) in [5.74, 6) is -1.16. The molecule has 0 fully saturated rings. The van der Waals surface area contributed by atoms with Crippen molar-refractivity contribution in [3.63, 3.8) is 0 Å². The molecule has 1 aliphatic carbocycles. The Morgan fingerprint density at radius 3 is 2.55 bits per heavy atom. The standard InChI is InChI=1S/C33H33N3O5S/c1-3-40-33(39)30-23-14-13-21(20-9-5-4-6-10-20)17-27(23)42-31(30)35-28(37)19-41-32(38)29-22-11-7-8-12-25(22)34-26-15-16-36(2)18-24(26)29/h4-12,21H,3,13-19H2,1-2H3,(H,35,37). The second-order valence-electron chi connectivity index (χ2n) is 10.8. The van der Waals surface area contributed by atoms with Crippen molar-refractivity contribution >= 4 is 45.1 Å². The first kappa shape index (κ1) is 28.1. The number of esters is 2. The number of nitrogens with one attached hydrogen (secondary N) is 1. The van der Waals surface area contributed by atoms with Gasteiger partial charge in [0, 0.05) is 41.0 Å². The van der Waals surface area contributed by atoms with Crippen molar-refractivity contribution in [2.45, 2.75) is 45.1 Å². The lowest BCUT2D eigenvalue weighted by atomic mass is 9.83. The number of pyridine rings is 1. The first-order chi connectivity index (χ1) is 20.4. The molecule has 2 aliphatic rings. The molecule has 42 heavy (non-hydrogen) atoms. The lowest BCUT2D eigenvalue weighted by Gasteiger charge is -2.26. The summed E-state index contributed by atoms with van der Waals surface area (Å²) in [5.41, 5.74) is 5.55. The highest BCUT2D eigenvalue weighted by atomic mass is 32.1. The number of ether oxygens (including phenoxy) is 2. The molecule has 2 aromatic carbocycles. The molecule has 2 aromatic heterocycles. The number of rotatable bonds is 7. The van der Waals surface area contributed by atoms with E-state index in [1.165, 1.54) is 16.9 Å². The van der Waals surface area contributed by atoms with Crippen LogP contribution in [0.5, 0.6) is 0 Å². The Bertz CT molecular complexity index is 1670. The van der Waals surface area contributed by atoms with Crippen molar-refractivity contribution in [1.82, 2.24) is 9.88 Å². The van der Waals surface area contributed by atoms with E-state index < -0.39 is 24.5 Å². The molecule has 1 unspecified atom stereocenters. The molecule has 1 aliphatic heterocycles. The number of carbonyl (C=O) groups excluding carboxylic acids is 3. The average Bonchev–Trinajstić information content (AvgIpc) is 3.36. The van der Waals surface area contributed by atoms with Crippen LogP contribution in [-0.4, -0.2) is 54.5 Å². The van der Waals surface area contributed by atoms with E-state index in [-0.39, 0.29) is 6.61 Å². The Morgan fingerprint density at radius 2 is 1.74 bits per heavy atom. The number of carbonyl (C=O) groups is 3. The minimum atomic E-state index is -0.558. The van der Waals surface area contributed by atoms with Crippen molar-refractivity contribution in [1.29, 1.82) is 0 Å². The summed E-state index contributed by atoms with van der Waals surface area (Å²) in [6.07, 6.45) is 3.15. The van der Waals surface area contributed by atoms with Gasteiger partial charge in [-0.05, 0) is 56.3 Å². The third-order valence-electron chi connectivity index (χ3n) is 8.04. The van der Waals surface area contributed by atoms with E-state index in [1.807, 2.05) is 49.5 Å². The third kappa shape index (κ3) is 5.54. The second-order valence-corrected chi connectivity index (χ2v) is 11.9. The fourth-order valence-electron chi connectivity index (χ4n) is 6.03. The van der Waals surface area contributed by atoms with Crippen LogP contribution in [0, 0.1) is 0 Å². The van der Waals surface area contributed by atoms with Gasteiger partial charge >= 0.3 is 11.9 Å². The number of aromatic nitrogens is 1. The van der Waals surface area contributed by atoms with Crippen LogP contribution in [0.4, 0.5) is 5.00 Å². The molecule has 4 aromatic rings. The van der Waals surface area contributed by atoms with Crippen LogP contribution in [0.3, 0.4) is 0 Å². The van der Waals surface area contributed by atoms with Crippen LogP contribution in [0.25, 0.3) is 10.9 Å². The summed E-state index contributed by atoms with van der Waals surface area (Å²) >= 11 is 1.41. The summed E-state index contributed by atoms with van der Waals surface area (Å²) in [5, 5.41) is 4.01. The van der Waals surface area contributed by atoms with Crippen molar-refractivity contribution in [2.75, 3.05) is 32.1 Å². The molecule has 1 N–H and O–H groups in total. The summed E-state index contributed by atoms with van der Waals surface area (Å²) in [4.78, 5) is 47.6. The zero-order valence-electron chi connectivity index (χ0n) is 23.8. The van der Waals surface area contributed by atoms with Crippen molar-refractivity contribution < 1.29 is 23.9 Å². The molecular formula is C33H33N3O5S. The minimum Gasteiger partial charge on any atom is -0.462 e. The van der Waals surface area contributed by atoms with E-state index in [1.54, 1.807) is 6.92 Å². The Kier molecular flexibility index (Phi) is 8.04. The maximum absolute atomic E-state index is 13.5. The average molecular weight is 584 g/mol. The van der Waals surface area contributed by atoms with E-state index in [2.05, 4.69) is 22.3 Å². The van der Waals surface area contributed by atoms with E-state index in [9.17, 15) is 14.4 Å². The second kappa shape index (κ2) is 12.0. The van der Waals surface area contributed by atoms with E-state index in [4.69, 9.17) is 14.5 Å². The highest BCUT2D eigenvalue weighted by Gasteiger charge is 2.31. The zero-order chi connectivity index (χ0) is 29.2. The lowest BCUT2D eigenvalue weighted by molar-refractivity contribution is -0.119. The molecule has 216 valence electrons. The lowest BCUT2D eigenvalue weighted by Crippen LogP contribution is -2.30. The van der Waals surface area contributed by atoms with Gasteiger partial charge in [0.15, 0.2) is 6.61 Å². The van der Waals surface area contributed by atoms with Crippen LogP contribution in [0.1, 0.15) is 67.2 Å². The predicted molar refractivity (Wildman–Crippen MR) is 162 cm³/mol. The van der Waals surface area contributed by atoms with E-state index >= 15 is 0 Å². The number of fused-ring (bicyclic) bond motifs is 3. The van der Waals surface area contributed by atoms with Gasteiger partial charge in [-0.25, -0.2) is 9.59 Å². The van der Waals surface area contributed by atoms with E-state index in [0.29, 0.717) is 34.0 Å². The van der Waals surface area contributed by atoms with Crippen LogP contribution >= 0.6 is 11.3 Å².